The summed E-state index contributed by atoms with van der Waals surface area (Å²) in [5.41, 5.74) is 0. The van der Waals surface area contributed by atoms with Crippen LogP contribution in [0.4, 0.5) is 0 Å². The fourth-order valence-electron chi connectivity index (χ4n) is 1.20. The topological polar surface area (TPSA) is 20.2 Å². The van der Waals surface area contributed by atoms with Crippen molar-refractivity contribution in [2.75, 3.05) is 0 Å². The van der Waals surface area contributed by atoms with Gasteiger partial charge in [0.2, 0.25) is 0 Å². The maximum absolute atomic E-state index is 8.97. The standard InChI is InChI=1S/C11H20O/c1-3-4-5-6-7-8-9-10-11(2)12/h1,11-12H,4-10H2,2H3. The zero-order valence-electron chi connectivity index (χ0n) is 8.05. The van der Waals surface area contributed by atoms with Crippen molar-refractivity contribution >= 4 is 0 Å². The molecule has 1 nitrogen and oxygen atoms in total. The molecular formula is C11H20O. The van der Waals surface area contributed by atoms with E-state index in [1.165, 1.54) is 19.3 Å². The number of terminal acetylenes is 1. The van der Waals surface area contributed by atoms with Crippen molar-refractivity contribution < 1.29 is 5.11 Å². The molecule has 0 spiro atoms. The van der Waals surface area contributed by atoms with Gasteiger partial charge in [-0.3, -0.25) is 0 Å². The van der Waals surface area contributed by atoms with Crippen LogP contribution in [0.3, 0.4) is 0 Å². The third kappa shape index (κ3) is 9.52. The minimum Gasteiger partial charge on any atom is -0.393 e. The van der Waals surface area contributed by atoms with E-state index in [1.807, 2.05) is 6.92 Å². The first-order chi connectivity index (χ1) is 5.77. The normalized spacial score (nSPS) is 12.4. The fraction of sp³-hybridized carbons (Fsp3) is 0.818. The predicted octanol–water partition coefficient (Wildman–Crippen LogP) is 2.73. The average molecular weight is 168 g/mol. The summed E-state index contributed by atoms with van der Waals surface area (Å²) < 4.78 is 0. The van der Waals surface area contributed by atoms with Gasteiger partial charge in [-0.15, -0.1) is 12.3 Å². The molecule has 0 amide bonds. The molecule has 0 fully saturated rings. The van der Waals surface area contributed by atoms with Crippen LogP contribution >= 0.6 is 0 Å². The van der Waals surface area contributed by atoms with Crippen LogP contribution in [0.5, 0.6) is 0 Å². The van der Waals surface area contributed by atoms with E-state index in [0.717, 1.165) is 25.7 Å². The van der Waals surface area contributed by atoms with Gasteiger partial charge in [0.15, 0.2) is 0 Å². The molecule has 12 heavy (non-hydrogen) atoms. The molecule has 0 aliphatic heterocycles. The number of aliphatic hydroxyl groups excluding tert-OH is 1. The molecule has 70 valence electrons. The van der Waals surface area contributed by atoms with Crippen molar-refractivity contribution in [3.63, 3.8) is 0 Å². The van der Waals surface area contributed by atoms with Gasteiger partial charge in [-0.25, -0.2) is 0 Å². The Bertz CT molecular complexity index is 121. The molecule has 1 atom stereocenters. The summed E-state index contributed by atoms with van der Waals surface area (Å²) in [7, 11) is 0. The SMILES string of the molecule is C#CCCCCCCCC(C)O. The Balaban J connectivity index is 2.87. The Hall–Kier alpha value is -0.480. The van der Waals surface area contributed by atoms with Gasteiger partial charge in [0.05, 0.1) is 6.10 Å². The van der Waals surface area contributed by atoms with Crippen LogP contribution in [0, 0.1) is 12.3 Å². The van der Waals surface area contributed by atoms with Gasteiger partial charge in [-0.05, 0) is 19.8 Å². The van der Waals surface area contributed by atoms with E-state index in [9.17, 15) is 0 Å². The number of rotatable bonds is 7. The van der Waals surface area contributed by atoms with Crippen molar-refractivity contribution in [2.24, 2.45) is 0 Å². The van der Waals surface area contributed by atoms with Gasteiger partial charge >= 0.3 is 0 Å². The van der Waals surface area contributed by atoms with Crippen LogP contribution < -0.4 is 0 Å². The van der Waals surface area contributed by atoms with E-state index in [0.29, 0.717) is 0 Å². The lowest BCUT2D eigenvalue weighted by atomic mass is 10.1. The first-order valence-electron chi connectivity index (χ1n) is 4.89. The molecule has 0 heterocycles. The van der Waals surface area contributed by atoms with Crippen molar-refractivity contribution in [1.82, 2.24) is 0 Å². The summed E-state index contributed by atoms with van der Waals surface area (Å²) in [5, 5.41) is 8.97. The Kier molecular flexibility index (Phi) is 8.27. The van der Waals surface area contributed by atoms with Gasteiger partial charge in [-0.1, -0.05) is 25.7 Å². The largest absolute Gasteiger partial charge is 0.393 e. The minimum atomic E-state index is -0.129. The lowest BCUT2D eigenvalue weighted by Gasteiger charge is -2.02. The second-order valence-electron chi connectivity index (χ2n) is 3.36. The predicted molar refractivity (Wildman–Crippen MR) is 52.8 cm³/mol. The second kappa shape index (κ2) is 8.62. The van der Waals surface area contributed by atoms with Gasteiger partial charge in [0, 0.05) is 6.42 Å². The highest BCUT2D eigenvalue weighted by Gasteiger charge is 1.94. The molecule has 0 bridgehead atoms. The van der Waals surface area contributed by atoms with E-state index in [1.54, 1.807) is 0 Å². The van der Waals surface area contributed by atoms with E-state index in [-0.39, 0.29) is 6.10 Å². The van der Waals surface area contributed by atoms with Gasteiger partial charge in [0.25, 0.3) is 0 Å². The maximum Gasteiger partial charge on any atom is 0.0512 e. The van der Waals surface area contributed by atoms with Crippen molar-refractivity contribution in [1.29, 1.82) is 0 Å². The molecule has 0 radical (unpaired) electrons. The van der Waals surface area contributed by atoms with Gasteiger partial charge < -0.3 is 5.11 Å². The zero-order chi connectivity index (χ0) is 9.23. The summed E-state index contributed by atoms with van der Waals surface area (Å²) in [6.07, 6.45) is 12.9. The van der Waals surface area contributed by atoms with Crippen LogP contribution in [0.2, 0.25) is 0 Å². The Morgan fingerprint density at radius 1 is 1.17 bits per heavy atom. The molecular weight excluding hydrogens is 148 g/mol. The van der Waals surface area contributed by atoms with Gasteiger partial charge in [-0.2, -0.15) is 0 Å². The van der Waals surface area contributed by atoms with Crippen molar-refractivity contribution in [3.05, 3.63) is 0 Å². The van der Waals surface area contributed by atoms with Crippen molar-refractivity contribution in [2.45, 2.75) is 58.0 Å². The lowest BCUT2D eigenvalue weighted by molar-refractivity contribution is 0.180. The number of hydrogen-bond acceptors (Lipinski definition) is 1. The summed E-state index contributed by atoms with van der Waals surface area (Å²) in [4.78, 5) is 0. The molecule has 0 aromatic heterocycles. The Morgan fingerprint density at radius 2 is 1.75 bits per heavy atom. The molecule has 0 saturated heterocycles. The molecule has 0 rings (SSSR count). The van der Waals surface area contributed by atoms with E-state index < -0.39 is 0 Å². The van der Waals surface area contributed by atoms with Crippen LogP contribution in [0.25, 0.3) is 0 Å². The Labute approximate surface area is 76.2 Å². The number of aliphatic hydroxyl groups is 1. The quantitative estimate of drug-likeness (QED) is 0.458. The van der Waals surface area contributed by atoms with Gasteiger partial charge in [0.1, 0.15) is 0 Å². The van der Waals surface area contributed by atoms with E-state index in [4.69, 9.17) is 11.5 Å². The van der Waals surface area contributed by atoms with E-state index >= 15 is 0 Å². The molecule has 0 saturated carbocycles. The Morgan fingerprint density at radius 3 is 2.33 bits per heavy atom. The molecule has 0 aliphatic rings. The highest BCUT2D eigenvalue weighted by Crippen LogP contribution is 2.07. The molecule has 0 aromatic carbocycles. The average Bonchev–Trinajstić information content (AvgIpc) is 2.02. The zero-order valence-corrected chi connectivity index (χ0v) is 8.05. The van der Waals surface area contributed by atoms with E-state index in [2.05, 4.69) is 5.92 Å². The first-order valence-corrected chi connectivity index (χ1v) is 4.89. The summed E-state index contributed by atoms with van der Waals surface area (Å²) in [5.74, 6) is 2.64. The summed E-state index contributed by atoms with van der Waals surface area (Å²) in [6.45, 7) is 1.85. The number of unbranched alkanes of at least 4 members (excludes halogenated alkanes) is 5. The molecule has 1 heteroatoms. The van der Waals surface area contributed by atoms with Crippen LogP contribution in [0.15, 0.2) is 0 Å². The summed E-state index contributed by atoms with van der Waals surface area (Å²) >= 11 is 0. The second-order valence-corrected chi connectivity index (χ2v) is 3.36. The third-order valence-corrected chi connectivity index (χ3v) is 1.94. The summed E-state index contributed by atoms with van der Waals surface area (Å²) in [6, 6.07) is 0. The number of hydrogen-bond donors (Lipinski definition) is 1. The van der Waals surface area contributed by atoms with Crippen LogP contribution in [-0.4, -0.2) is 11.2 Å². The third-order valence-electron chi connectivity index (χ3n) is 1.94. The smallest absolute Gasteiger partial charge is 0.0512 e. The van der Waals surface area contributed by atoms with Crippen LogP contribution in [0.1, 0.15) is 51.9 Å². The highest BCUT2D eigenvalue weighted by molar-refractivity contribution is 4.82. The monoisotopic (exact) mass is 168 g/mol. The minimum absolute atomic E-state index is 0.129. The first kappa shape index (κ1) is 11.5. The maximum atomic E-state index is 8.97. The fourth-order valence-corrected chi connectivity index (χ4v) is 1.20. The highest BCUT2D eigenvalue weighted by atomic mass is 16.3. The molecule has 0 aliphatic carbocycles. The van der Waals surface area contributed by atoms with Crippen molar-refractivity contribution in [3.8, 4) is 12.3 Å². The molecule has 1 N–H and O–H groups in total. The molecule has 0 aromatic rings. The van der Waals surface area contributed by atoms with Crippen LogP contribution in [-0.2, 0) is 0 Å². The molecule has 1 unspecified atom stereocenters. The lowest BCUT2D eigenvalue weighted by Crippen LogP contribution is -1.98.